The Balaban J connectivity index is 1.73. The number of halogens is 2. The van der Waals surface area contributed by atoms with Crippen LogP contribution in [0.5, 0.6) is 0 Å². The minimum Gasteiger partial charge on any atom is -0.325 e. The van der Waals surface area contributed by atoms with Crippen molar-refractivity contribution in [2.24, 2.45) is 0 Å². The zero-order valence-electron chi connectivity index (χ0n) is 18.1. The van der Waals surface area contributed by atoms with E-state index in [0.717, 1.165) is 26.9 Å². The van der Waals surface area contributed by atoms with Crippen LogP contribution >= 0.6 is 39.3 Å². The predicted molar refractivity (Wildman–Crippen MR) is 143 cm³/mol. The van der Waals surface area contributed by atoms with Crippen LogP contribution < -0.4 is 5.32 Å². The molecule has 1 heterocycles. The average Bonchev–Trinajstić information content (AvgIpc) is 2.84. The molecule has 0 fully saturated rings. The molecule has 1 atom stereocenters. The molecule has 34 heavy (non-hydrogen) atoms. The summed E-state index contributed by atoms with van der Waals surface area (Å²) in [7, 11) is 0. The molecule has 1 amide bonds. The standard InChI is InChI=1S/C27H19BrClN3OS/c1-17(26(33)31-22-9-5-8-21(29)14-22)34-27-24(16-30)23(18-6-3-2-4-7-18)15-25(32-27)19-10-12-20(28)13-11-19/h2-15,17H,1H3,(H,31,33). The van der Waals surface area contributed by atoms with Crippen LogP contribution in [0.2, 0.25) is 5.02 Å². The normalized spacial score (nSPS) is 11.5. The Morgan fingerprint density at radius 1 is 1.03 bits per heavy atom. The number of rotatable bonds is 6. The van der Waals surface area contributed by atoms with Crippen molar-refractivity contribution in [3.05, 3.63) is 100.0 Å². The van der Waals surface area contributed by atoms with Crippen LogP contribution in [0.3, 0.4) is 0 Å². The maximum absolute atomic E-state index is 12.9. The summed E-state index contributed by atoms with van der Waals surface area (Å²) in [6, 6.07) is 28.8. The van der Waals surface area contributed by atoms with E-state index in [4.69, 9.17) is 16.6 Å². The predicted octanol–water partition coefficient (Wildman–Crippen LogP) is 7.82. The second-order valence-electron chi connectivity index (χ2n) is 7.48. The van der Waals surface area contributed by atoms with Crippen molar-refractivity contribution >= 4 is 50.9 Å². The van der Waals surface area contributed by atoms with Gasteiger partial charge in [0.15, 0.2) is 0 Å². The third kappa shape index (κ3) is 5.68. The molecular formula is C27H19BrClN3OS. The number of amides is 1. The van der Waals surface area contributed by atoms with Crippen LogP contribution in [0, 0.1) is 11.3 Å². The number of hydrogen-bond donors (Lipinski definition) is 1. The van der Waals surface area contributed by atoms with Crippen molar-refractivity contribution < 1.29 is 4.79 Å². The van der Waals surface area contributed by atoms with Crippen LogP contribution in [-0.4, -0.2) is 16.1 Å². The number of benzene rings is 3. The lowest BCUT2D eigenvalue weighted by atomic mass is 9.99. The minimum atomic E-state index is -0.498. The lowest BCUT2D eigenvalue weighted by Gasteiger charge is -2.16. The number of nitrogens with one attached hydrogen (secondary N) is 1. The zero-order chi connectivity index (χ0) is 24.1. The highest BCUT2D eigenvalue weighted by molar-refractivity contribution is 9.10. The second-order valence-corrected chi connectivity index (χ2v) is 10.2. The number of hydrogen-bond acceptors (Lipinski definition) is 4. The van der Waals surface area contributed by atoms with E-state index in [1.165, 1.54) is 11.8 Å². The maximum Gasteiger partial charge on any atom is 0.237 e. The van der Waals surface area contributed by atoms with Gasteiger partial charge < -0.3 is 5.32 Å². The molecule has 1 N–H and O–H groups in total. The van der Waals surface area contributed by atoms with Gasteiger partial charge in [0.05, 0.1) is 16.5 Å². The van der Waals surface area contributed by atoms with E-state index in [1.807, 2.05) is 60.7 Å². The van der Waals surface area contributed by atoms with Crippen LogP contribution in [0.15, 0.2) is 94.4 Å². The summed E-state index contributed by atoms with van der Waals surface area (Å²) >= 11 is 10.8. The summed E-state index contributed by atoms with van der Waals surface area (Å²) in [6.45, 7) is 1.79. The third-order valence-corrected chi connectivity index (χ3v) is 6.92. The van der Waals surface area contributed by atoms with Crippen molar-refractivity contribution in [1.29, 1.82) is 5.26 Å². The van der Waals surface area contributed by atoms with E-state index >= 15 is 0 Å². The first-order valence-corrected chi connectivity index (χ1v) is 12.5. The Morgan fingerprint density at radius 3 is 2.44 bits per heavy atom. The lowest BCUT2D eigenvalue weighted by molar-refractivity contribution is -0.115. The van der Waals surface area contributed by atoms with Crippen molar-refractivity contribution in [2.45, 2.75) is 17.2 Å². The summed E-state index contributed by atoms with van der Waals surface area (Å²) < 4.78 is 0.967. The summed E-state index contributed by atoms with van der Waals surface area (Å²) in [6.07, 6.45) is 0. The van der Waals surface area contributed by atoms with E-state index in [9.17, 15) is 10.1 Å². The Labute approximate surface area is 216 Å². The SMILES string of the molecule is CC(Sc1nc(-c2ccc(Br)cc2)cc(-c2ccccc2)c1C#N)C(=O)Nc1cccc(Cl)c1. The largest absolute Gasteiger partial charge is 0.325 e. The quantitative estimate of drug-likeness (QED) is 0.249. The van der Waals surface area contributed by atoms with Crippen molar-refractivity contribution in [2.75, 3.05) is 5.32 Å². The summed E-state index contributed by atoms with van der Waals surface area (Å²) in [5.41, 5.74) is 4.41. The monoisotopic (exact) mass is 547 g/mol. The maximum atomic E-state index is 12.9. The van der Waals surface area contributed by atoms with Gasteiger partial charge in [0.2, 0.25) is 5.91 Å². The molecule has 3 aromatic carbocycles. The molecule has 0 aliphatic heterocycles. The zero-order valence-corrected chi connectivity index (χ0v) is 21.3. The molecule has 0 radical (unpaired) electrons. The molecule has 0 aliphatic carbocycles. The first-order chi connectivity index (χ1) is 16.4. The molecule has 168 valence electrons. The van der Waals surface area contributed by atoms with Crippen LogP contribution in [0.25, 0.3) is 22.4 Å². The molecule has 0 aliphatic rings. The number of nitriles is 1. The highest BCUT2D eigenvalue weighted by Crippen LogP contribution is 2.36. The van der Waals surface area contributed by atoms with Crippen molar-refractivity contribution in [3.63, 3.8) is 0 Å². The molecule has 7 heteroatoms. The van der Waals surface area contributed by atoms with Gasteiger partial charge >= 0.3 is 0 Å². The number of carbonyl (C=O) groups is 1. The fourth-order valence-electron chi connectivity index (χ4n) is 3.36. The van der Waals surface area contributed by atoms with Crippen LogP contribution in [-0.2, 0) is 4.79 Å². The third-order valence-electron chi connectivity index (χ3n) is 5.07. The molecule has 1 aromatic heterocycles. The minimum absolute atomic E-state index is 0.201. The highest BCUT2D eigenvalue weighted by atomic mass is 79.9. The van der Waals surface area contributed by atoms with E-state index < -0.39 is 5.25 Å². The van der Waals surface area contributed by atoms with Gasteiger partial charge in [-0.1, -0.05) is 87.8 Å². The molecule has 4 rings (SSSR count). The Bertz CT molecular complexity index is 1370. The van der Waals surface area contributed by atoms with E-state index in [0.29, 0.717) is 21.3 Å². The summed E-state index contributed by atoms with van der Waals surface area (Å²) in [5, 5.41) is 13.5. The molecule has 0 saturated carbocycles. The number of nitrogens with zero attached hydrogens (tertiary/aromatic N) is 2. The number of carbonyl (C=O) groups excluding carboxylic acids is 1. The van der Waals surface area contributed by atoms with Crippen molar-refractivity contribution in [1.82, 2.24) is 4.98 Å². The molecule has 0 spiro atoms. The molecule has 1 unspecified atom stereocenters. The lowest BCUT2D eigenvalue weighted by Crippen LogP contribution is -2.22. The van der Waals surface area contributed by atoms with Gasteiger partial charge in [-0.25, -0.2) is 4.98 Å². The summed E-state index contributed by atoms with van der Waals surface area (Å²) in [5.74, 6) is -0.201. The fraction of sp³-hybridized carbons (Fsp3) is 0.0741. The van der Waals surface area contributed by atoms with Crippen molar-refractivity contribution in [3.8, 4) is 28.5 Å². The van der Waals surface area contributed by atoms with Gasteiger partial charge in [0.25, 0.3) is 0 Å². The molecule has 4 nitrogen and oxygen atoms in total. The van der Waals surface area contributed by atoms with E-state index in [1.54, 1.807) is 31.2 Å². The summed E-state index contributed by atoms with van der Waals surface area (Å²) in [4.78, 5) is 17.7. The van der Waals surface area contributed by atoms with Crippen LogP contribution in [0.1, 0.15) is 12.5 Å². The van der Waals surface area contributed by atoms with E-state index in [2.05, 4.69) is 27.3 Å². The molecular weight excluding hydrogens is 530 g/mol. The second kappa shape index (κ2) is 10.9. The number of anilines is 1. The Hall–Kier alpha value is -3.11. The van der Waals surface area contributed by atoms with Crippen LogP contribution in [0.4, 0.5) is 5.69 Å². The Kier molecular flexibility index (Phi) is 7.69. The smallest absolute Gasteiger partial charge is 0.237 e. The number of aromatic nitrogens is 1. The van der Waals surface area contributed by atoms with Gasteiger partial charge in [0, 0.05) is 26.3 Å². The first kappa shape index (κ1) is 24.0. The number of thioether (sulfide) groups is 1. The average molecular weight is 549 g/mol. The first-order valence-electron chi connectivity index (χ1n) is 10.4. The fourth-order valence-corrected chi connectivity index (χ4v) is 4.74. The van der Waals surface area contributed by atoms with Gasteiger partial charge in [-0.2, -0.15) is 5.26 Å². The topological polar surface area (TPSA) is 65.8 Å². The molecule has 4 aromatic rings. The number of pyridine rings is 1. The van der Waals surface area contributed by atoms with Gasteiger partial charge in [-0.15, -0.1) is 0 Å². The van der Waals surface area contributed by atoms with Gasteiger partial charge in [-0.05, 0) is 48.9 Å². The highest BCUT2D eigenvalue weighted by Gasteiger charge is 2.21. The van der Waals surface area contributed by atoms with E-state index in [-0.39, 0.29) is 5.91 Å². The van der Waals surface area contributed by atoms with Gasteiger partial charge in [0.1, 0.15) is 11.1 Å². The molecule has 0 saturated heterocycles. The Morgan fingerprint density at radius 2 is 1.76 bits per heavy atom. The molecule has 0 bridgehead atoms. The van der Waals surface area contributed by atoms with Gasteiger partial charge in [-0.3, -0.25) is 4.79 Å².